The lowest BCUT2D eigenvalue weighted by atomic mass is 10.2. The first-order valence-electron chi connectivity index (χ1n) is 8.86. The number of aromatic nitrogens is 2. The van der Waals surface area contributed by atoms with E-state index >= 15 is 0 Å². The summed E-state index contributed by atoms with van der Waals surface area (Å²) < 4.78 is 6.21. The molecule has 0 aliphatic carbocycles. The van der Waals surface area contributed by atoms with E-state index in [2.05, 4.69) is 37.9 Å². The molecule has 29 heavy (non-hydrogen) atoms. The number of halogens is 1. The van der Waals surface area contributed by atoms with Gasteiger partial charge in [0.2, 0.25) is 0 Å². The molecule has 0 atom stereocenters. The molecule has 1 heterocycles. The zero-order valence-electron chi connectivity index (χ0n) is 15.2. The summed E-state index contributed by atoms with van der Waals surface area (Å²) in [4.78, 5) is 32.1. The fourth-order valence-electron chi connectivity index (χ4n) is 2.81. The Kier molecular flexibility index (Phi) is 5.57. The zero-order chi connectivity index (χ0) is 20.2. The first-order chi connectivity index (χ1) is 14.1. The molecule has 0 saturated heterocycles. The summed E-state index contributed by atoms with van der Waals surface area (Å²) in [5.74, 6) is -0.239. The van der Waals surface area contributed by atoms with Gasteiger partial charge in [-0.2, -0.15) is 0 Å². The van der Waals surface area contributed by atoms with Gasteiger partial charge >= 0.3 is 5.97 Å². The zero-order valence-corrected chi connectivity index (χ0v) is 17.3. The van der Waals surface area contributed by atoms with Crippen molar-refractivity contribution in [1.82, 2.24) is 9.97 Å². The smallest absolute Gasteiger partial charge is 0.338 e. The van der Waals surface area contributed by atoms with Gasteiger partial charge in [0.15, 0.2) is 6.61 Å². The number of nitrogens with zero attached hydrogens (tertiary/aromatic N) is 1. The molecule has 0 bridgehead atoms. The molecule has 0 fully saturated rings. The molecule has 0 saturated carbocycles. The van der Waals surface area contributed by atoms with E-state index in [1.165, 1.54) is 0 Å². The number of hydrogen-bond donors (Lipinski definition) is 2. The third-order valence-electron chi connectivity index (χ3n) is 4.23. The van der Waals surface area contributed by atoms with E-state index in [1.54, 1.807) is 30.3 Å². The van der Waals surface area contributed by atoms with Crippen molar-refractivity contribution in [2.24, 2.45) is 0 Å². The van der Waals surface area contributed by atoms with Crippen LogP contribution in [-0.2, 0) is 9.53 Å². The third-order valence-corrected chi connectivity index (χ3v) is 4.95. The molecule has 0 aliphatic rings. The Balaban J connectivity index is 1.41. The number of fused-ring (bicyclic) bond motifs is 1. The van der Waals surface area contributed by atoms with E-state index in [4.69, 9.17) is 4.74 Å². The van der Waals surface area contributed by atoms with Crippen molar-refractivity contribution in [2.75, 3.05) is 11.9 Å². The number of esters is 1. The molecule has 3 aromatic carbocycles. The van der Waals surface area contributed by atoms with Gasteiger partial charge in [0, 0.05) is 14.8 Å². The fourth-order valence-corrected chi connectivity index (χ4v) is 3.17. The second-order valence-corrected chi connectivity index (χ2v) is 7.56. The number of imidazole rings is 1. The number of ether oxygens (including phenoxy) is 1. The van der Waals surface area contributed by atoms with Crippen molar-refractivity contribution < 1.29 is 14.3 Å². The van der Waals surface area contributed by atoms with Gasteiger partial charge in [0.25, 0.3) is 5.91 Å². The van der Waals surface area contributed by atoms with Gasteiger partial charge in [-0.25, -0.2) is 9.78 Å². The summed E-state index contributed by atoms with van der Waals surface area (Å²) in [5.41, 5.74) is 3.43. The van der Waals surface area contributed by atoms with Crippen LogP contribution in [0.5, 0.6) is 0 Å². The summed E-state index contributed by atoms with van der Waals surface area (Å²) in [7, 11) is 0. The molecule has 0 aliphatic heterocycles. The molecule has 7 heteroatoms. The lowest BCUT2D eigenvalue weighted by Gasteiger charge is -2.07. The van der Waals surface area contributed by atoms with E-state index in [-0.39, 0.29) is 6.61 Å². The van der Waals surface area contributed by atoms with E-state index < -0.39 is 11.9 Å². The highest BCUT2D eigenvalue weighted by Crippen LogP contribution is 2.21. The maximum Gasteiger partial charge on any atom is 0.338 e. The van der Waals surface area contributed by atoms with Crippen molar-refractivity contribution >= 4 is 51.2 Å². The van der Waals surface area contributed by atoms with Crippen LogP contribution in [0.15, 0.2) is 72.8 Å². The summed E-state index contributed by atoms with van der Waals surface area (Å²) in [6, 6.07) is 22.1. The molecule has 0 radical (unpaired) electrons. The monoisotopic (exact) mass is 497 g/mol. The molecule has 1 amide bonds. The minimum atomic E-state index is -0.569. The van der Waals surface area contributed by atoms with Gasteiger partial charge < -0.3 is 15.0 Å². The van der Waals surface area contributed by atoms with Crippen LogP contribution in [0, 0.1) is 3.57 Å². The number of rotatable bonds is 5. The van der Waals surface area contributed by atoms with Crippen molar-refractivity contribution in [3.8, 4) is 11.4 Å². The number of aromatic amines is 1. The van der Waals surface area contributed by atoms with E-state index in [0.29, 0.717) is 11.3 Å². The Bertz CT molecular complexity index is 1170. The highest BCUT2D eigenvalue weighted by atomic mass is 127. The van der Waals surface area contributed by atoms with Crippen LogP contribution in [0.1, 0.15) is 10.4 Å². The number of carbonyl (C=O) groups excluding carboxylic acids is 2. The molecule has 0 unspecified atom stereocenters. The summed E-state index contributed by atoms with van der Waals surface area (Å²) in [6.45, 7) is -0.360. The molecule has 1 aromatic heterocycles. The molecular weight excluding hydrogens is 481 g/mol. The quantitative estimate of drug-likeness (QED) is 0.311. The molecule has 2 N–H and O–H groups in total. The average molecular weight is 497 g/mol. The third kappa shape index (κ3) is 4.62. The Morgan fingerprint density at radius 3 is 2.52 bits per heavy atom. The van der Waals surface area contributed by atoms with Crippen LogP contribution < -0.4 is 5.32 Å². The number of hydrogen-bond acceptors (Lipinski definition) is 4. The van der Waals surface area contributed by atoms with Gasteiger partial charge in [-0.15, -0.1) is 0 Å². The van der Waals surface area contributed by atoms with Crippen molar-refractivity contribution in [3.63, 3.8) is 0 Å². The largest absolute Gasteiger partial charge is 0.452 e. The minimum absolute atomic E-state index is 0.350. The second-order valence-electron chi connectivity index (χ2n) is 6.31. The minimum Gasteiger partial charge on any atom is -0.452 e. The van der Waals surface area contributed by atoms with Crippen LogP contribution in [0.2, 0.25) is 0 Å². The van der Waals surface area contributed by atoms with Gasteiger partial charge in [-0.05, 0) is 65.1 Å². The van der Waals surface area contributed by atoms with Crippen LogP contribution in [0.3, 0.4) is 0 Å². The van der Waals surface area contributed by atoms with E-state index in [1.807, 2.05) is 42.5 Å². The molecular formula is C22H16IN3O3. The molecule has 4 aromatic rings. The Labute approximate surface area is 180 Å². The van der Waals surface area contributed by atoms with Crippen LogP contribution in [0.25, 0.3) is 22.4 Å². The number of carbonyl (C=O) groups is 2. The molecule has 4 rings (SSSR count). The van der Waals surface area contributed by atoms with Crippen molar-refractivity contribution in [2.45, 2.75) is 0 Å². The first kappa shape index (κ1) is 19.1. The summed E-state index contributed by atoms with van der Waals surface area (Å²) in [6.07, 6.45) is 0. The molecule has 0 spiro atoms. The second kappa shape index (κ2) is 8.44. The van der Waals surface area contributed by atoms with Crippen molar-refractivity contribution in [3.05, 3.63) is 81.9 Å². The van der Waals surface area contributed by atoms with Gasteiger partial charge in [0.05, 0.1) is 16.6 Å². The number of nitrogens with one attached hydrogen (secondary N) is 2. The van der Waals surface area contributed by atoms with Crippen LogP contribution in [0.4, 0.5) is 5.69 Å². The number of amides is 1. The van der Waals surface area contributed by atoms with Crippen molar-refractivity contribution in [1.29, 1.82) is 0 Å². The highest BCUT2D eigenvalue weighted by Gasteiger charge is 2.13. The maximum absolute atomic E-state index is 12.3. The maximum atomic E-state index is 12.3. The van der Waals surface area contributed by atoms with E-state index in [0.717, 1.165) is 26.0 Å². The molecule has 144 valence electrons. The standard InChI is InChI=1S/C22H16IN3O3/c23-16-7-9-17(10-8-16)24-20(27)13-29-22(28)15-6-11-18-19(12-15)26-21(25-18)14-4-2-1-3-5-14/h1-12H,13H2,(H,24,27)(H,25,26). The van der Waals surface area contributed by atoms with Gasteiger partial charge in [-0.1, -0.05) is 30.3 Å². The predicted molar refractivity (Wildman–Crippen MR) is 120 cm³/mol. The normalized spacial score (nSPS) is 10.7. The molecule has 6 nitrogen and oxygen atoms in total. The Hall–Kier alpha value is -3.20. The first-order valence-corrected chi connectivity index (χ1v) is 9.94. The number of H-pyrrole nitrogens is 1. The summed E-state index contributed by atoms with van der Waals surface area (Å²) in [5, 5.41) is 2.69. The summed E-state index contributed by atoms with van der Waals surface area (Å²) >= 11 is 2.18. The Morgan fingerprint density at radius 2 is 1.76 bits per heavy atom. The van der Waals surface area contributed by atoms with Crippen LogP contribution >= 0.6 is 22.6 Å². The predicted octanol–water partition coefficient (Wildman–Crippen LogP) is 4.63. The number of anilines is 1. The SMILES string of the molecule is O=C(COC(=O)c1ccc2nc(-c3ccccc3)[nH]c2c1)Nc1ccc(I)cc1. The number of benzene rings is 3. The van der Waals surface area contributed by atoms with E-state index in [9.17, 15) is 9.59 Å². The van der Waals surface area contributed by atoms with Crippen LogP contribution in [-0.4, -0.2) is 28.5 Å². The topological polar surface area (TPSA) is 84.1 Å². The van der Waals surface area contributed by atoms with Gasteiger partial charge in [-0.3, -0.25) is 4.79 Å². The fraction of sp³-hybridized carbons (Fsp3) is 0.0455. The highest BCUT2D eigenvalue weighted by molar-refractivity contribution is 14.1. The lowest BCUT2D eigenvalue weighted by molar-refractivity contribution is -0.119. The lowest BCUT2D eigenvalue weighted by Crippen LogP contribution is -2.20. The average Bonchev–Trinajstić information content (AvgIpc) is 3.18. The van der Waals surface area contributed by atoms with Gasteiger partial charge in [0.1, 0.15) is 5.82 Å². The Morgan fingerprint density at radius 1 is 1.00 bits per heavy atom.